The second kappa shape index (κ2) is 7.36. The molecule has 1 N–H and O–H groups in total. The minimum absolute atomic E-state index is 0.797. The molecule has 2 heterocycles. The van der Waals surface area contributed by atoms with E-state index < -0.39 is 0 Å². The summed E-state index contributed by atoms with van der Waals surface area (Å²) in [5.41, 5.74) is 2.34. The zero-order valence-electron chi connectivity index (χ0n) is 12.4. The van der Waals surface area contributed by atoms with Crippen LogP contribution in [0.15, 0.2) is 24.5 Å². The smallest absolute Gasteiger partial charge is 0.185 e. The van der Waals surface area contributed by atoms with Gasteiger partial charge in [0.05, 0.1) is 5.69 Å². The highest BCUT2D eigenvalue weighted by atomic mass is 32.1. The maximum Gasteiger partial charge on any atom is 0.185 e. The van der Waals surface area contributed by atoms with Crippen LogP contribution in [0.4, 0.5) is 5.13 Å². The van der Waals surface area contributed by atoms with Crippen LogP contribution in [0.2, 0.25) is 0 Å². The molecule has 0 aromatic carbocycles. The van der Waals surface area contributed by atoms with Crippen molar-refractivity contribution in [2.75, 3.05) is 18.0 Å². The molecular formula is C15H22N4S. The Hall–Kier alpha value is -1.46. The summed E-state index contributed by atoms with van der Waals surface area (Å²) in [5.74, 6) is 0. The van der Waals surface area contributed by atoms with Crippen LogP contribution in [-0.2, 0) is 13.1 Å². The Morgan fingerprint density at radius 2 is 2.00 bits per heavy atom. The first-order valence-corrected chi connectivity index (χ1v) is 7.87. The van der Waals surface area contributed by atoms with Gasteiger partial charge in [0.2, 0.25) is 0 Å². The van der Waals surface area contributed by atoms with E-state index in [1.165, 1.54) is 10.4 Å². The zero-order valence-corrected chi connectivity index (χ0v) is 13.2. The maximum absolute atomic E-state index is 4.49. The molecule has 2 rings (SSSR count). The van der Waals surface area contributed by atoms with Gasteiger partial charge >= 0.3 is 0 Å². The predicted molar refractivity (Wildman–Crippen MR) is 85.2 cm³/mol. The second-order valence-corrected chi connectivity index (χ2v) is 5.75. The van der Waals surface area contributed by atoms with E-state index in [4.69, 9.17) is 0 Å². The highest BCUT2D eigenvalue weighted by Gasteiger charge is 2.07. The molecule has 2 aromatic heterocycles. The Balaban J connectivity index is 1.87. The van der Waals surface area contributed by atoms with Crippen molar-refractivity contribution in [3.8, 4) is 0 Å². The quantitative estimate of drug-likeness (QED) is 0.851. The second-order valence-electron chi connectivity index (χ2n) is 4.65. The van der Waals surface area contributed by atoms with Gasteiger partial charge in [-0.15, -0.1) is 11.3 Å². The van der Waals surface area contributed by atoms with E-state index in [0.29, 0.717) is 0 Å². The van der Waals surface area contributed by atoms with Crippen molar-refractivity contribution in [3.63, 3.8) is 0 Å². The third-order valence-corrected chi connectivity index (χ3v) is 4.34. The van der Waals surface area contributed by atoms with Crippen LogP contribution in [0.3, 0.4) is 0 Å². The Kier molecular flexibility index (Phi) is 5.49. The molecule has 0 saturated heterocycles. The molecule has 0 amide bonds. The van der Waals surface area contributed by atoms with Gasteiger partial charge in [-0.25, -0.2) is 4.98 Å². The number of hydrogen-bond donors (Lipinski definition) is 1. The van der Waals surface area contributed by atoms with Crippen LogP contribution in [0.25, 0.3) is 0 Å². The normalized spacial score (nSPS) is 10.8. The number of nitrogens with one attached hydrogen (secondary N) is 1. The molecule has 4 nitrogen and oxygen atoms in total. The minimum atomic E-state index is 0.797. The van der Waals surface area contributed by atoms with Gasteiger partial charge in [-0.05, 0) is 32.4 Å². The molecule has 0 fully saturated rings. The number of nitrogens with zero attached hydrogens (tertiary/aromatic N) is 3. The summed E-state index contributed by atoms with van der Waals surface area (Å²) < 4.78 is 0. The fourth-order valence-electron chi connectivity index (χ4n) is 2.03. The van der Waals surface area contributed by atoms with Crippen LogP contribution in [0.5, 0.6) is 0 Å². The SMILES string of the molecule is CCN(CC)c1ncc(CNCc2ncccc2C)s1. The molecule has 0 atom stereocenters. The number of hydrogen-bond acceptors (Lipinski definition) is 5. The van der Waals surface area contributed by atoms with Crippen LogP contribution >= 0.6 is 11.3 Å². The van der Waals surface area contributed by atoms with Gasteiger partial charge in [-0.3, -0.25) is 4.98 Å². The van der Waals surface area contributed by atoms with Crippen LogP contribution < -0.4 is 10.2 Å². The third-order valence-electron chi connectivity index (χ3n) is 3.28. The predicted octanol–water partition coefficient (Wildman–Crippen LogP) is 2.98. The van der Waals surface area contributed by atoms with Crippen molar-refractivity contribution in [1.29, 1.82) is 0 Å². The van der Waals surface area contributed by atoms with E-state index in [0.717, 1.165) is 37.0 Å². The number of anilines is 1. The first-order valence-electron chi connectivity index (χ1n) is 7.05. The number of pyridine rings is 1. The lowest BCUT2D eigenvalue weighted by Crippen LogP contribution is -2.21. The lowest BCUT2D eigenvalue weighted by molar-refractivity contribution is 0.682. The summed E-state index contributed by atoms with van der Waals surface area (Å²) in [7, 11) is 0. The number of aryl methyl sites for hydroxylation is 1. The van der Waals surface area contributed by atoms with Crippen molar-refractivity contribution in [2.24, 2.45) is 0 Å². The highest BCUT2D eigenvalue weighted by Crippen LogP contribution is 2.22. The van der Waals surface area contributed by atoms with Gasteiger partial charge in [-0.1, -0.05) is 6.07 Å². The number of aromatic nitrogens is 2. The average Bonchev–Trinajstić information content (AvgIpc) is 2.91. The van der Waals surface area contributed by atoms with Gasteiger partial charge in [0.25, 0.3) is 0 Å². The van der Waals surface area contributed by atoms with Crippen LogP contribution in [-0.4, -0.2) is 23.1 Å². The minimum Gasteiger partial charge on any atom is -0.349 e. The summed E-state index contributed by atoms with van der Waals surface area (Å²) in [6, 6.07) is 4.06. The van der Waals surface area contributed by atoms with E-state index in [1.807, 2.05) is 18.5 Å². The Morgan fingerprint density at radius 1 is 1.20 bits per heavy atom. The third kappa shape index (κ3) is 3.77. The molecule has 0 radical (unpaired) electrons. The molecule has 2 aromatic rings. The Morgan fingerprint density at radius 3 is 2.70 bits per heavy atom. The van der Waals surface area contributed by atoms with E-state index in [1.54, 1.807) is 11.3 Å². The monoisotopic (exact) mass is 290 g/mol. The Labute approximate surface area is 124 Å². The highest BCUT2D eigenvalue weighted by molar-refractivity contribution is 7.15. The molecule has 0 aliphatic carbocycles. The summed E-state index contributed by atoms with van der Waals surface area (Å²) in [6.45, 7) is 10.1. The molecule has 0 bridgehead atoms. The fourth-order valence-corrected chi connectivity index (χ4v) is 3.03. The molecule has 0 unspecified atom stereocenters. The molecule has 20 heavy (non-hydrogen) atoms. The van der Waals surface area contributed by atoms with Crippen LogP contribution in [0.1, 0.15) is 30.0 Å². The molecular weight excluding hydrogens is 268 g/mol. The van der Waals surface area contributed by atoms with Crippen molar-refractivity contribution < 1.29 is 0 Å². The van der Waals surface area contributed by atoms with E-state index in [9.17, 15) is 0 Å². The first-order chi connectivity index (χ1) is 9.74. The maximum atomic E-state index is 4.49. The summed E-state index contributed by atoms with van der Waals surface area (Å²) in [4.78, 5) is 12.4. The lowest BCUT2D eigenvalue weighted by Gasteiger charge is -2.16. The van der Waals surface area contributed by atoms with Gasteiger partial charge in [-0.2, -0.15) is 0 Å². The van der Waals surface area contributed by atoms with Crippen LogP contribution in [0, 0.1) is 6.92 Å². The molecule has 5 heteroatoms. The molecule has 0 aliphatic rings. The van der Waals surface area contributed by atoms with Gasteiger partial charge in [0.15, 0.2) is 5.13 Å². The first kappa shape index (κ1) is 14.9. The van der Waals surface area contributed by atoms with Gasteiger partial charge in [0, 0.05) is 43.4 Å². The molecule has 0 saturated carbocycles. The Bertz CT molecular complexity index is 534. The van der Waals surface area contributed by atoms with E-state index >= 15 is 0 Å². The van der Waals surface area contributed by atoms with E-state index in [2.05, 4.69) is 47.0 Å². The largest absolute Gasteiger partial charge is 0.349 e. The summed E-state index contributed by atoms with van der Waals surface area (Å²) in [6.07, 6.45) is 3.81. The fraction of sp³-hybridized carbons (Fsp3) is 0.467. The van der Waals surface area contributed by atoms with Crippen molar-refractivity contribution >= 4 is 16.5 Å². The van der Waals surface area contributed by atoms with Gasteiger partial charge in [0.1, 0.15) is 0 Å². The molecule has 0 spiro atoms. The molecule has 0 aliphatic heterocycles. The van der Waals surface area contributed by atoms with Crippen molar-refractivity contribution in [1.82, 2.24) is 15.3 Å². The van der Waals surface area contributed by atoms with E-state index in [-0.39, 0.29) is 0 Å². The molecule has 108 valence electrons. The topological polar surface area (TPSA) is 41.1 Å². The number of rotatable bonds is 7. The average molecular weight is 290 g/mol. The summed E-state index contributed by atoms with van der Waals surface area (Å²) >= 11 is 1.76. The lowest BCUT2D eigenvalue weighted by atomic mass is 10.2. The zero-order chi connectivity index (χ0) is 14.4. The van der Waals surface area contributed by atoms with Crippen molar-refractivity contribution in [3.05, 3.63) is 40.7 Å². The standard InChI is InChI=1S/C15H22N4S/c1-4-19(5-2)15-18-10-13(20-15)9-16-11-14-12(3)7-6-8-17-14/h6-8,10,16H,4-5,9,11H2,1-3H3. The summed E-state index contributed by atoms with van der Waals surface area (Å²) in [5, 5.41) is 4.55. The van der Waals surface area contributed by atoms with Crippen molar-refractivity contribution in [2.45, 2.75) is 33.9 Å². The number of thiazole rings is 1. The van der Waals surface area contributed by atoms with Gasteiger partial charge < -0.3 is 10.2 Å².